The van der Waals surface area contributed by atoms with Crippen LogP contribution in [0.2, 0.25) is 0 Å². The first-order chi connectivity index (χ1) is 8.25. The van der Waals surface area contributed by atoms with Crippen molar-refractivity contribution in [3.05, 3.63) is 0 Å². The highest BCUT2D eigenvalue weighted by atomic mass is 19.4. The zero-order chi connectivity index (χ0) is 14.6. The number of hydrogen-bond acceptors (Lipinski definition) is 2. The van der Waals surface area contributed by atoms with Gasteiger partial charge in [0.25, 0.3) is 0 Å². The number of alkyl halides is 3. The zero-order valence-corrected chi connectivity index (χ0v) is 11.0. The maximum absolute atomic E-state index is 10.6. The topological polar surface area (TPSA) is 57.5 Å². The lowest BCUT2D eigenvalue weighted by molar-refractivity contribution is -0.192. The lowest BCUT2D eigenvalue weighted by Gasteiger charge is -2.05. The van der Waals surface area contributed by atoms with Crippen LogP contribution in [-0.4, -0.2) is 28.5 Å². The summed E-state index contributed by atoms with van der Waals surface area (Å²) in [6, 6.07) is 0. The Kier molecular flexibility index (Phi) is 12.3. The lowest BCUT2D eigenvalue weighted by atomic mass is 10.1. The molecule has 0 aromatic heterocycles. The average Bonchev–Trinajstić information content (AvgIpc) is 2.28. The number of carboxylic acid groups (broad SMARTS) is 1. The second-order valence-electron chi connectivity index (χ2n) is 4.07. The minimum absolute atomic E-state index is 0.0448. The van der Waals surface area contributed by atoms with Crippen molar-refractivity contribution in [2.75, 3.05) is 0 Å². The third-order valence-electron chi connectivity index (χ3n) is 2.35. The van der Waals surface area contributed by atoms with Crippen molar-refractivity contribution in [3.63, 3.8) is 0 Å². The van der Waals surface area contributed by atoms with Gasteiger partial charge in [0.15, 0.2) is 0 Å². The van der Waals surface area contributed by atoms with Gasteiger partial charge in [-0.25, -0.2) is 4.79 Å². The molecule has 0 aromatic carbocycles. The van der Waals surface area contributed by atoms with Gasteiger partial charge < -0.3 is 10.2 Å². The van der Waals surface area contributed by atoms with E-state index >= 15 is 0 Å². The predicted octanol–water partition coefficient (Wildman–Crippen LogP) is 3.75. The molecule has 0 rings (SSSR count). The molecule has 0 fully saturated rings. The van der Waals surface area contributed by atoms with E-state index in [1.54, 1.807) is 0 Å². The van der Waals surface area contributed by atoms with E-state index in [4.69, 9.17) is 9.90 Å². The van der Waals surface area contributed by atoms with Crippen LogP contribution < -0.4 is 0 Å². The quantitative estimate of drug-likeness (QED) is 0.694. The van der Waals surface area contributed by atoms with E-state index in [1.807, 2.05) is 6.92 Å². The number of rotatable bonds is 7. The summed E-state index contributed by atoms with van der Waals surface area (Å²) < 4.78 is 31.7. The second kappa shape index (κ2) is 11.3. The predicted molar refractivity (Wildman–Crippen MR) is 63.4 cm³/mol. The first-order valence-electron chi connectivity index (χ1n) is 6.23. The molecular weight excluding hydrogens is 249 g/mol. The highest BCUT2D eigenvalue weighted by Crippen LogP contribution is 2.13. The molecule has 0 saturated carbocycles. The van der Waals surface area contributed by atoms with Crippen LogP contribution >= 0.6 is 0 Å². The number of halogens is 3. The molecule has 0 aliphatic carbocycles. The number of aliphatic hydroxyl groups is 1. The van der Waals surface area contributed by atoms with Crippen LogP contribution in [0.1, 0.15) is 58.8 Å². The molecule has 3 nitrogen and oxygen atoms in total. The molecule has 1 unspecified atom stereocenters. The summed E-state index contributed by atoms with van der Waals surface area (Å²) in [7, 11) is 0. The Morgan fingerprint density at radius 1 is 1.11 bits per heavy atom. The first-order valence-corrected chi connectivity index (χ1v) is 6.23. The number of carbonyl (C=O) groups is 1. The van der Waals surface area contributed by atoms with Crippen molar-refractivity contribution in [3.8, 4) is 0 Å². The molecule has 1 atom stereocenters. The van der Waals surface area contributed by atoms with Gasteiger partial charge in [-0.1, -0.05) is 46.0 Å². The van der Waals surface area contributed by atoms with Gasteiger partial charge in [0.2, 0.25) is 0 Å². The molecule has 0 spiro atoms. The van der Waals surface area contributed by atoms with E-state index in [0.717, 1.165) is 12.8 Å². The van der Waals surface area contributed by atoms with Gasteiger partial charge in [-0.05, 0) is 12.8 Å². The summed E-state index contributed by atoms with van der Waals surface area (Å²) in [5, 5.41) is 16.3. The van der Waals surface area contributed by atoms with Crippen LogP contribution in [0, 0.1) is 0 Å². The summed E-state index contributed by atoms with van der Waals surface area (Å²) in [6.45, 7) is 4.26. The van der Waals surface area contributed by atoms with Gasteiger partial charge in [0, 0.05) is 0 Å². The van der Waals surface area contributed by atoms with Crippen molar-refractivity contribution in [2.45, 2.75) is 71.1 Å². The summed E-state index contributed by atoms with van der Waals surface area (Å²) >= 11 is 0. The Hall–Kier alpha value is -0.780. The van der Waals surface area contributed by atoms with Crippen molar-refractivity contribution in [1.82, 2.24) is 0 Å². The van der Waals surface area contributed by atoms with Crippen LogP contribution in [0.15, 0.2) is 0 Å². The fourth-order valence-corrected chi connectivity index (χ4v) is 1.19. The van der Waals surface area contributed by atoms with Gasteiger partial charge in [-0.3, -0.25) is 0 Å². The highest BCUT2D eigenvalue weighted by Gasteiger charge is 2.38. The highest BCUT2D eigenvalue weighted by molar-refractivity contribution is 5.73. The van der Waals surface area contributed by atoms with Crippen LogP contribution in [0.5, 0.6) is 0 Å². The van der Waals surface area contributed by atoms with E-state index in [0.29, 0.717) is 0 Å². The molecule has 0 bridgehead atoms. The molecule has 6 heteroatoms. The fourth-order valence-electron chi connectivity index (χ4n) is 1.19. The Morgan fingerprint density at radius 2 is 1.56 bits per heavy atom. The number of carboxylic acids is 1. The van der Waals surface area contributed by atoms with E-state index in [1.165, 1.54) is 32.1 Å². The smallest absolute Gasteiger partial charge is 0.475 e. The molecule has 0 heterocycles. The summed E-state index contributed by atoms with van der Waals surface area (Å²) in [6.07, 6.45) is 3.27. The molecule has 110 valence electrons. The normalized spacial score (nSPS) is 12.6. The van der Waals surface area contributed by atoms with Crippen LogP contribution in [-0.2, 0) is 4.79 Å². The largest absolute Gasteiger partial charge is 0.490 e. The van der Waals surface area contributed by atoms with Gasteiger partial charge >= 0.3 is 12.1 Å². The number of unbranched alkanes of at least 4 members (excludes halogenated alkanes) is 4. The summed E-state index contributed by atoms with van der Waals surface area (Å²) in [5.41, 5.74) is 0. The molecule has 0 aliphatic heterocycles. The van der Waals surface area contributed by atoms with Crippen molar-refractivity contribution >= 4 is 5.97 Å². The third kappa shape index (κ3) is 15.2. The van der Waals surface area contributed by atoms with Gasteiger partial charge in [-0.15, -0.1) is 0 Å². The average molecular weight is 272 g/mol. The monoisotopic (exact) mass is 272 g/mol. The molecule has 0 aromatic rings. The standard InChI is InChI=1S/C10H22O.C2HF3O2/c1-3-5-6-7-8-9-10(11)4-2;3-2(4,5)1(6)7/h10-11H,3-9H2,1-2H3;(H,6,7). The molecule has 0 radical (unpaired) electrons. The minimum atomic E-state index is -5.08. The Balaban J connectivity index is 0. The van der Waals surface area contributed by atoms with Crippen molar-refractivity contribution in [1.29, 1.82) is 0 Å². The molecule has 2 N–H and O–H groups in total. The maximum Gasteiger partial charge on any atom is 0.490 e. The summed E-state index contributed by atoms with van der Waals surface area (Å²) in [5.74, 6) is -2.76. The van der Waals surface area contributed by atoms with E-state index in [2.05, 4.69) is 6.92 Å². The molecular formula is C12H23F3O3. The second-order valence-corrected chi connectivity index (χ2v) is 4.07. The minimum Gasteiger partial charge on any atom is -0.475 e. The zero-order valence-electron chi connectivity index (χ0n) is 11.0. The van der Waals surface area contributed by atoms with Crippen LogP contribution in [0.4, 0.5) is 13.2 Å². The Morgan fingerprint density at radius 3 is 1.89 bits per heavy atom. The molecule has 0 saturated heterocycles. The Bertz CT molecular complexity index is 205. The third-order valence-corrected chi connectivity index (χ3v) is 2.35. The van der Waals surface area contributed by atoms with Gasteiger partial charge in [0.1, 0.15) is 0 Å². The molecule has 18 heavy (non-hydrogen) atoms. The number of aliphatic carboxylic acids is 1. The summed E-state index contributed by atoms with van der Waals surface area (Å²) in [4.78, 5) is 8.90. The number of hydrogen-bond donors (Lipinski definition) is 2. The van der Waals surface area contributed by atoms with E-state index < -0.39 is 12.1 Å². The van der Waals surface area contributed by atoms with Crippen molar-refractivity contribution < 1.29 is 28.2 Å². The van der Waals surface area contributed by atoms with E-state index in [-0.39, 0.29) is 6.10 Å². The SMILES string of the molecule is CCCCCCCC(O)CC.O=C(O)C(F)(F)F. The number of aliphatic hydroxyl groups excluding tert-OH is 1. The van der Waals surface area contributed by atoms with Gasteiger partial charge in [0.05, 0.1) is 6.10 Å². The molecule has 0 aliphatic rings. The first kappa shape index (κ1) is 19.6. The lowest BCUT2D eigenvalue weighted by Crippen LogP contribution is -2.21. The molecule has 0 amide bonds. The van der Waals surface area contributed by atoms with E-state index in [9.17, 15) is 18.3 Å². The van der Waals surface area contributed by atoms with Gasteiger partial charge in [-0.2, -0.15) is 13.2 Å². The maximum atomic E-state index is 10.6. The van der Waals surface area contributed by atoms with Crippen molar-refractivity contribution in [2.24, 2.45) is 0 Å². The fraction of sp³-hybridized carbons (Fsp3) is 0.917. The Labute approximate surface area is 106 Å². The van der Waals surface area contributed by atoms with Crippen LogP contribution in [0.25, 0.3) is 0 Å². The van der Waals surface area contributed by atoms with Crippen LogP contribution in [0.3, 0.4) is 0 Å².